The maximum absolute atomic E-state index is 12.7. The molecule has 0 bridgehead atoms. The van der Waals surface area contributed by atoms with Crippen LogP contribution in [0.1, 0.15) is 0 Å². The fourth-order valence-corrected chi connectivity index (χ4v) is 2.01. The fourth-order valence-electron chi connectivity index (χ4n) is 1.28. The van der Waals surface area contributed by atoms with E-state index in [9.17, 15) is 4.39 Å². The van der Waals surface area contributed by atoms with Gasteiger partial charge >= 0.3 is 0 Å². The number of benzene rings is 1. The highest BCUT2D eigenvalue weighted by molar-refractivity contribution is 7.99. The summed E-state index contributed by atoms with van der Waals surface area (Å²) in [6.07, 6.45) is 0. The van der Waals surface area contributed by atoms with Gasteiger partial charge in [0.1, 0.15) is 11.6 Å². The second-order valence-electron chi connectivity index (χ2n) is 3.55. The van der Waals surface area contributed by atoms with Gasteiger partial charge in [-0.3, -0.25) is 4.57 Å². The van der Waals surface area contributed by atoms with Crippen molar-refractivity contribution in [2.75, 3.05) is 18.1 Å². The predicted molar refractivity (Wildman–Crippen MR) is 68.0 cm³/mol. The molecule has 0 radical (unpaired) electrons. The highest BCUT2D eigenvalue weighted by Gasteiger charge is 2.05. The van der Waals surface area contributed by atoms with Crippen LogP contribution in [0.3, 0.4) is 0 Å². The molecule has 0 aliphatic carbocycles. The third-order valence-electron chi connectivity index (χ3n) is 2.27. The van der Waals surface area contributed by atoms with Crippen molar-refractivity contribution in [3.63, 3.8) is 0 Å². The second kappa shape index (κ2) is 5.72. The van der Waals surface area contributed by atoms with E-state index in [1.165, 1.54) is 23.9 Å². The first kappa shape index (κ1) is 12.7. The molecule has 0 unspecified atom stereocenters. The quantitative estimate of drug-likeness (QED) is 0.660. The number of thioether (sulfide) groups is 1. The van der Waals surface area contributed by atoms with Gasteiger partial charge in [0.05, 0.1) is 6.61 Å². The molecule has 0 spiro atoms. The minimum atomic E-state index is -0.272. The Bertz CT molecular complexity index is 514. The van der Waals surface area contributed by atoms with Gasteiger partial charge in [-0.15, -0.1) is 10.2 Å². The van der Waals surface area contributed by atoms with Crippen LogP contribution in [-0.4, -0.2) is 27.1 Å². The molecule has 2 aromatic rings. The number of halogens is 1. The van der Waals surface area contributed by atoms with Crippen molar-refractivity contribution >= 4 is 17.7 Å². The van der Waals surface area contributed by atoms with Gasteiger partial charge in [0.2, 0.25) is 5.95 Å². The molecule has 0 atom stereocenters. The Kier molecular flexibility index (Phi) is 4.03. The van der Waals surface area contributed by atoms with Crippen LogP contribution in [0.4, 0.5) is 10.3 Å². The summed E-state index contributed by atoms with van der Waals surface area (Å²) in [6.45, 7) is 0.503. The Balaban J connectivity index is 1.76. The molecule has 5 nitrogen and oxygen atoms in total. The molecular weight excluding hydrogens is 255 g/mol. The van der Waals surface area contributed by atoms with Crippen LogP contribution in [0.15, 0.2) is 29.4 Å². The van der Waals surface area contributed by atoms with E-state index >= 15 is 0 Å². The van der Waals surface area contributed by atoms with Crippen LogP contribution in [0.2, 0.25) is 0 Å². The van der Waals surface area contributed by atoms with Crippen LogP contribution < -0.4 is 10.5 Å². The molecule has 1 aromatic heterocycles. The molecule has 7 heteroatoms. The number of ether oxygens (including phenoxy) is 1. The van der Waals surface area contributed by atoms with Crippen LogP contribution in [-0.2, 0) is 7.05 Å². The average molecular weight is 268 g/mol. The van der Waals surface area contributed by atoms with E-state index in [4.69, 9.17) is 10.5 Å². The second-order valence-corrected chi connectivity index (χ2v) is 4.61. The monoisotopic (exact) mass is 268 g/mol. The summed E-state index contributed by atoms with van der Waals surface area (Å²) >= 11 is 1.50. The Morgan fingerprint density at radius 3 is 2.67 bits per heavy atom. The number of hydrogen-bond acceptors (Lipinski definition) is 5. The SMILES string of the molecule is Cn1c(N)nnc1SCCOc1ccc(F)cc1. The summed E-state index contributed by atoms with van der Waals surface area (Å²) < 4.78 is 19.8. The summed E-state index contributed by atoms with van der Waals surface area (Å²) in [4.78, 5) is 0. The van der Waals surface area contributed by atoms with Crippen molar-refractivity contribution < 1.29 is 9.13 Å². The minimum absolute atomic E-state index is 0.272. The maximum Gasteiger partial charge on any atom is 0.222 e. The number of nitrogens with zero attached hydrogens (tertiary/aromatic N) is 3. The van der Waals surface area contributed by atoms with E-state index in [0.717, 1.165) is 5.16 Å². The lowest BCUT2D eigenvalue weighted by Gasteiger charge is -2.05. The first-order chi connectivity index (χ1) is 8.66. The van der Waals surface area contributed by atoms with Gasteiger partial charge in [-0.2, -0.15) is 0 Å². The van der Waals surface area contributed by atoms with Crippen LogP contribution >= 0.6 is 11.8 Å². The molecule has 0 amide bonds. The third-order valence-corrected chi connectivity index (χ3v) is 3.25. The van der Waals surface area contributed by atoms with Gasteiger partial charge < -0.3 is 10.5 Å². The van der Waals surface area contributed by atoms with E-state index in [0.29, 0.717) is 24.1 Å². The molecule has 1 heterocycles. The molecule has 0 fully saturated rings. The summed E-state index contributed by atoms with van der Waals surface area (Å²) in [6, 6.07) is 5.93. The molecular formula is C11H13FN4OS. The van der Waals surface area contributed by atoms with Crippen molar-refractivity contribution in [3.05, 3.63) is 30.1 Å². The van der Waals surface area contributed by atoms with Crippen LogP contribution in [0.25, 0.3) is 0 Å². The number of hydrogen-bond donors (Lipinski definition) is 1. The predicted octanol–water partition coefficient (Wildman–Crippen LogP) is 1.71. The Labute approximate surface area is 108 Å². The smallest absolute Gasteiger partial charge is 0.222 e. The molecule has 18 heavy (non-hydrogen) atoms. The number of aromatic nitrogens is 3. The maximum atomic E-state index is 12.7. The highest BCUT2D eigenvalue weighted by Crippen LogP contribution is 2.17. The lowest BCUT2D eigenvalue weighted by molar-refractivity contribution is 0.343. The van der Waals surface area contributed by atoms with Gasteiger partial charge in [-0.25, -0.2) is 4.39 Å². The molecule has 1 aromatic carbocycles. The molecule has 0 saturated carbocycles. The Morgan fingerprint density at radius 2 is 2.06 bits per heavy atom. The number of nitrogens with two attached hydrogens (primary N) is 1. The summed E-state index contributed by atoms with van der Waals surface area (Å²) in [5, 5.41) is 8.41. The Hall–Kier alpha value is -1.76. The summed E-state index contributed by atoms with van der Waals surface area (Å²) in [5.74, 6) is 1.47. The van der Waals surface area contributed by atoms with E-state index in [-0.39, 0.29) is 5.82 Å². The van der Waals surface area contributed by atoms with Crippen LogP contribution in [0, 0.1) is 5.82 Å². The molecule has 2 N–H and O–H groups in total. The largest absolute Gasteiger partial charge is 0.493 e. The van der Waals surface area contributed by atoms with Gasteiger partial charge in [0.25, 0.3) is 0 Å². The molecule has 2 rings (SSSR count). The summed E-state index contributed by atoms with van der Waals surface area (Å²) in [7, 11) is 1.80. The van der Waals surface area contributed by atoms with Crippen molar-refractivity contribution in [1.29, 1.82) is 0 Å². The van der Waals surface area contributed by atoms with Crippen LogP contribution in [0.5, 0.6) is 5.75 Å². The van der Waals surface area contributed by atoms with Crippen molar-refractivity contribution in [3.8, 4) is 5.75 Å². The molecule has 0 aliphatic heterocycles. The van der Waals surface area contributed by atoms with Crippen molar-refractivity contribution in [1.82, 2.24) is 14.8 Å². The topological polar surface area (TPSA) is 66.0 Å². The lowest BCUT2D eigenvalue weighted by atomic mass is 10.3. The average Bonchev–Trinajstić information content (AvgIpc) is 2.68. The van der Waals surface area contributed by atoms with E-state index in [1.54, 1.807) is 23.7 Å². The number of nitrogen functional groups attached to an aromatic ring is 1. The third kappa shape index (κ3) is 3.13. The van der Waals surface area contributed by atoms with Gasteiger partial charge in [-0.05, 0) is 24.3 Å². The molecule has 0 saturated heterocycles. The van der Waals surface area contributed by atoms with E-state index < -0.39 is 0 Å². The summed E-state index contributed by atoms with van der Waals surface area (Å²) in [5.41, 5.74) is 5.56. The van der Waals surface area contributed by atoms with Crippen molar-refractivity contribution in [2.24, 2.45) is 7.05 Å². The molecule has 0 aliphatic rings. The molecule has 96 valence electrons. The standard InChI is InChI=1S/C11H13FN4OS/c1-16-10(13)14-15-11(16)18-7-6-17-9-4-2-8(12)3-5-9/h2-5H,6-7H2,1H3,(H2,13,14). The van der Waals surface area contributed by atoms with Gasteiger partial charge in [-0.1, -0.05) is 11.8 Å². The number of anilines is 1. The zero-order valence-corrected chi connectivity index (χ0v) is 10.7. The van der Waals surface area contributed by atoms with Gasteiger partial charge in [0.15, 0.2) is 5.16 Å². The number of rotatable bonds is 5. The first-order valence-electron chi connectivity index (χ1n) is 5.33. The first-order valence-corrected chi connectivity index (χ1v) is 6.31. The minimum Gasteiger partial charge on any atom is -0.493 e. The Morgan fingerprint density at radius 1 is 1.33 bits per heavy atom. The van der Waals surface area contributed by atoms with Crippen molar-refractivity contribution in [2.45, 2.75) is 5.16 Å². The zero-order valence-electron chi connectivity index (χ0n) is 9.84. The lowest BCUT2D eigenvalue weighted by Crippen LogP contribution is -2.02. The van der Waals surface area contributed by atoms with E-state index in [2.05, 4.69) is 10.2 Å². The van der Waals surface area contributed by atoms with E-state index in [1.807, 2.05) is 0 Å². The highest BCUT2D eigenvalue weighted by atomic mass is 32.2. The normalized spacial score (nSPS) is 10.6. The van der Waals surface area contributed by atoms with Gasteiger partial charge in [0, 0.05) is 12.8 Å². The zero-order chi connectivity index (χ0) is 13.0. The fraction of sp³-hybridized carbons (Fsp3) is 0.273.